The summed E-state index contributed by atoms with van der Waals surface area (Å²) in [5.74, 6) is 0.161. The lowest BCUT2D eigenvalue weighted by atomic mass is 9.75. The molecule has 0 spiro atoms. The van der Waals surface area contributed by atoms with Crippen molar-refractivity contribution in [2.24, 2.45) is 5.73 Å². The van der Waals surface area contributed by atoms with Gasteiger partial charge in [-0.25, -0.2) is 0 Å². The first-order valence-corrected chi connectivity index (χ1v) is 10.2. The van der Waals surface area contributed by atoms with Crippen LogP contribution in [0.1, 0.15) is 62.4 Å². The maximum atomic E-state index is 13.3. The summed E-state index contributed by atoms with van der Waals surface area (Å²) in [4.78, 5) is 2.31. The van der Waals surface area contributed by atoms with E-state index >= 15 is 0 Å². The van der Waals surface area contributed by atoms with E-state index in [1.54, 1.807) is 12.1 Å². The number of nitrogens with two attached hydrogens (primary N) is 1. The highest BCUT2D eigenvalue weighted by Crippen LogP contribution is 2.44. The normalized spacial score (nSPS) is 19.8. The molecule has 0 amide bonds. The van der Waals surface area contributed by atoms with E-state index < -0.39 is 6.29 Å². The molecule has 0 radical (unpaired) electrons. The molecule has 2 heterocycles. The van der Waals surface area contributed by atoms with Crippen LogP contribution in [0.15, 0.2) is 30.3 Å². The second-order valence-corrected chi connectivity index (χ2v) is 8.71. The van der Waals surface area contributed by atoms with Gasteiger partial charge < -0.3 is 20.1 Å². The van der Waals surface area contributed by atoms with Crippen molar-refractivity contribution >= 4 is 5.69 Å². The molecule has 0 aromatic heterocycles. The first-order chi connectivity index (χ1) is 13.6. The molecule has 6 heteroatoms. The maximum Gasteiger partial charge on any atom is 0.586 e. The molecule has 0 aliphatic carbocycles. The van der Waals surface area contributed by atoms with E-state index in [1.165, 1.54) is 22.4 Å². The Balaban J connectivity index is 1.70. The van der Waals surface area contributed by atoms with Crippen LogP contribution in [-0.4, -0.2) is 12.8 Å². The summed E-state index contributed by atoms with van der Waals surface area (Å²) in [5.41, 5.74) is 12.2. The van der Waals surface area contributed by atoms with Crippen molar-refractivity contribution in [1.29, 1.82) is 0 Å². The zero-order valence-corrected chi connectivity index (χ0v) is 17.4. The van der Waals surface area contributed by atoms with E-state index in [1.807, 2.05) is 13.0 Å². The molecule has 2 N–H and O–H groups in total. The number of hydrogen-bond acceptors (Lipinski definition) is 4. The standard InChI is InChI=1S/C23H28F2N2O2/c1-5-16-11-18-19(12-17(16)14(2)26)27(9-8-22(18,3)4)13-15-6-7-20-21(10-15)29-23(24,25)28-20/h6-7,10-12,14H,5,8-9,13,26H2,1-4H3. The van der Waals surface area contributed by atoms with Crippen LogP contribution in [0.2, 0.25) is 0 Å². The van der Waals surface area contributed by atoms with E-state index in [-0.39, 0.29) is 23.0 Å². The molecular formula is C23H28F2N2O2. The second-order valence-electron chi connectivity index (χ2n) is 8.71. The first-order valence-electron chi connectivity index (χ1n) is 10.2. The zero-order chi connectivity index (χ0) is 21.0. The van der Waals surface area contributed by atoms with Crippen molar-refractivity contribution in [3.63, 3.8) is 0 Å². The Hall–Kier alpha value is -2.34. The number of rotatable bonds is 4. The number of fused-ring (bicyclic) bond motifs is 2. The maximum absolute atomic E-state index is 13.3. The van der Waals surface area contributed by atoms with E-state index in [9.17, 15) is 8.78 Å². The summed E-state index contributed by atoms with van der Waals surface area (Å²) >= 11 is 0. The molecule has 4 rings (SSSR count). The molecule has 1 unspecified atom stereocenters. The fourth-order valence-corrected chi connectivity index (χ4v) is 4.33. The monoisotopic (exact) mass is 402 g/mol. The van der Waals surface area contributed by atoms with E-state index in [2.05, 4.69) is 47.3 Å². The van der Waals surface area contributed by atoms with Crippen LogP contribution in [-0.2, 0) is 18.4 Å². The molecule has 4 nitrogen and oxygen atoms in total. The summed E-state index contributed by atoms with van der Waals surface area (Å²) in [5, 5.41) is 0. The average Bonchev–Trinajstić information content (AvgIpc) is 2.96. The first kappa shape index (κ1) is 20.0. The number of alkyl halides is 2. The molecule has 2 aromatic rings. The quantitative estimate of drug-likeness (QED) is 0.756. The summed E-state index contributed by atoms with van der Waals surface area (Å²) in [6, 6.07) is 9.49. The Morgan fingerprint density at radius 2 is 1.86 bits per heavy atom. The van der Waals surface area contributed by atoms with Gasteiger partial charge in [0.25, 0.3) is 0 Å². The predicted octanol–water partition coefficient (Wildman–Crippen LogP) is 5.28. The zero-order valence-electron chi connectivity index (χ0n) is 17.4. The lowest BCUT2D eigenvalue weighted by Crippen LogP contribution is -2.37. The Labute approximate surface area is 170 Å². The highest BCUT2D eigenvalue weighted by molar-refractivity contribution is 5.63. The molecule has 29 heavy (non-hydrogen) atoms. The van der Waals surface area contributed by atoms with Crippen LogP contribution in [0.4, 0.5) is 14.5 Å². The van der Waals surface area contributed by atoms with Crippen LogP contribution in [0.5, 0.6) is 11.5 Å². The molecule has 156 valence electrons. The number of benzene rings is 2. The molecule has 0 saturated heterocycles. The Bertz CT molecular complexity index is 941. The van der Waals surface area contributed by atoms with Gasteiger partial charge in [-0.1, -0.05) is 32.9 Å². The van der Waals surface area contributed by atoms with Crippen molar-refractivity contribution < 1.29 is 18.3 Å². The van der Waals surface area contributed by atoms with E-state index in [0.29, 0.717) is 6.54 Å². The number of hydrogen-bond donors (Lipinski definition) is 1. The van der Waals surface area contributed by atoms with Crippen LogP contribution in [0.3, 0.4) is 0 Å². The van der Waals surface area contributed by atoms with Crippen molar-refractivity contribution in [1.82, 2.24) is 0 Å². The van der Waals surface area contributed by atoms with Gasteiger partial charge in [0.05, 0.1) is 0 Å². The van der Waals surface area contributed by atoms with Gasteiger partial charge in [0.1, 0.15) is 0 Å². The van der Waals surface area contributed by atoms with Gasteiger partial charge in [-0.15, -0.1) is 8.78 Å². The third kappa shape index (κ3) is 3.66. The van der Waals surface area contributed by atoms with Crippen LogP contribution in [0.25, 0.3) is 0 Å². The van der Waals surface area contributed by atoms with Crippen molar-refractivity contribution in [3.8, 4) is 11.5 Å². The van der Waals surface area contributed by atoms with Gasteiger partial charge in [-0.3, -0.25) is 0 Å². The largest absolute Gasteiger partial charge is 0.586 e. The Morgan fingerprint density at radius 1 is 1.14 bits per heavy atom. The predicted molar refractivity (Wildman–Crippen MR) is 110 cm³/mol. The number of ether oxygens (including phenoxy) is 2. The molecule has 0 saturated carbocycles. The van der Waals surface area contributed by atoms with E-state index in [4.69, 9.17) is 5.73 Å². The SMILES string of the molecule is CCc1cc2c(cc1C(C)N)N(Cc1ccc3c(c1)OC(F)(F)O3)CCC2(C)C. The van der Waals surface area contributed by atoms with Crippen LogP contribution < -0.4 is 20.1 Å². The molecule has 2 aliphatic rings. The minimum absolute atomic E-state index is 0.0464. The molecule has 2 aliphatic heterocycles. The smallest absolute Gasteiger partial charge is 0.395 e. The highest BCUT2D eigenvalue weighted by Gasteiger charge is 2.43. The lowest BCUT2D eigenvalue weighted by molar-refractivity contribution is -0.286. The molecule has 0 fully saturated rings. The van der Waals surface area contributed by atoms with Gasteiger partial charge >= 0.3 is 6.29 Å². The van der Waals surface area contributed by atoms with Crippen molar-refractivity contribution in [3.05, 3.63) is 52.6 Å². The third-order valence-corrected chi connectivity index (χ3v) is 6.04. The van der Waals surface area contributed by atoms with Gasteiger partial charge in [-0.05, 0) is 65.6 Å². The fourth-order valence-electron chi connectivity index (χ4n) is 4.33. The van der Waals surface area contributed by atoms with Gasteiger partial charge in [0, 0.05) is 24.8 Å². The van der Waals surface area contributed by atoms with Gasteiger partial charge in [0.15, 0.2) is 11.5 Å². The minimum atomic E-state index is -3.59. The van der Waals surface area contributed by atoms with Crippen LogP contribution in [0, 0.1) is 0 Å². The molecule has 1 atom stereocenters. The highest BCUT2D eigenvalue weighted by atomic mass is 19.3. The Kier molecular flexibility index (Phi) is 4.73. The number of halogens is 2. The third-order valence-electron chi connectivity index (χ3n) is 6.04. The Morgan fingerprint density at radius 3 is 2.55 bits per heavy atom. The minimum Gasteiger partial charge on any atom is -0.395 e. The van der Waals surface area contributed by atoms with Crippen LogP contribution >= 0.6 is 0 Å². The van der Waals surface area contributed by atoms with Crippen molar-refractivity contribution in [2.45, 2.75) is 64.8 Å². The van der Waals surface area contributed by atoms with Gasteiger partial charge in [-0.2, -0.15) is 0 Å². The number of nitrogens with zero attached hydrogens (tertiary/aromatic N) is 1. The summed E-state index contributed by atoms with van der Waals surface area (Å²) in [6.45, 7) is 10.2. The second kappa shape index (κ2) is 6.87. The number of aryl methyl sites for hydroxylation is 1. The summed E-state index contributed by atoms with van der Waals surface area (Å²) < 4.78 is 35.8. The van der Waals surface area contributed by atoms with E-state index in [0.717, 1.165) is 24.9 Å². The number of anilines is 1. The lowest BCUT2D eigenvalue weighted by Gasteiger charge is -2.41. The topological polar surface area (TPSA) is 47.7 Å². The summed E-state index contributed by atoms with van der Waals surface area (Å²) in [6.07, 6.45) is -1.63. The fraction of sp³-hybridized carbons (Fsp3) is 0.478. The molecule has 0 bridgehead atoms. The van der Waals surface area contributed by atoms with Gasteiger partial charge in [0.2, 0.25) is 0 Å². The average molecular weight is 402 g/mol. The molecule has 2 aromatic carbocycles. The van der Waals surface area contributed by atoms with Crippen molar-refractivity contribution in [2.75, 3.05) is 11.4 Å². The summed E-state index contributed by atoms with van der Waals surface area (Å²) in [7, 11) is 0. The molecular weight excluding hydrogens is 374 g/mol.